The molecule has 2 aromatic rings. The number of nitrogens with one attached hydrogen (secondary N) is 2. The van der Waals surface area contributed by atoms with Crippen LogP contribution in [-0.2, 0) is 15.0 Å². The number of amides is 3. The van der Waals surface area contributed by atoms with E-state index in [-0.39, 0.29) is 34.4 Å². The number of aromatic nitrogens is 3. The first kappa shape index (κ1) is 28.0. The van der Waals surface area contributed by atoms with Crippen molar-refractivity contribution in [1.29, 1.82) is 0 Å². The van der Waals surface area contributed by atoms with Crippen LogP contribution < -0.4 is 10.6 Å². The molecule has 9 nitrogen and oxygen atoms in total. The van der Waals surface area contributed by atoms with E-state index in [4.69, 9.17) is 11.6 Å². The molecule has 1 fully saturated rings. The number of pyridine rings is 1. The lowest BCUT2D eigenvalue weighted by Crippen LogP contribution is -2.65. The van der Waals surface area contributed by atoms with Gasteiger partial charge in [-0.15, -0.1) is 0 Å². The van der Waals surface area contributed by atoms with Crippen LogP contribution in [-0.4, -0.2) is 57.0 Å². The molecule has 2 N–H and O–H groups in total. The van der Waals surface area contributed by atoms with E-state index < -0.39 is 17.3 Å². The Morgan fingerprint density at radius 2 is 2.05 bits per heavy atom. The monoisotopic (exact) mass is 568 g/mol. The van der Waals surface area contributed by atoms with Crippen molar-refractivity contribution >= 4 is 35.0 Å². The van der Waals surface area contributed by atoms with Gasteiger partial charge in [0.25, 0.3) is 5.91 Å². The Hall–Kier alpha value is -3.53. The number of carbonyl (C=O) groups is 3. The van der Waals surface area contributed by atoms with Crippen LogP contribution in [0.15, 0.2) is 41.5 Å². The summed E-state index contributed by atoms with van der Waals surface area (Å²) in [6.45, 7) is 6.59. The molecule has 1 aliphatic carbocycles. The summed E-state index contributed by atoms with van der Waals surface area (Å²) in [7, 11) is 0. The molecule has 1 saturated heterocycles. The first-order chi connectivity index (χ1) is 19.1. The maximum atomic E-state index is 14.7. The topological polar surface area (TPSA) is 109 Å². The molecule has 0 radical (unpaired) electrons. The Morgan fingerprint density at radius 1 is 1.27 bits per heavy atom. The van der Waals surface area contributed by atoms with Gasteiger partial charge >= 0.3 is 0 Å². The third kappa shape index (κ3) is 5.29. The predicted molar refractivity (Wildman–Crippen MR) is 149 cm³/mol. The molecule has 1 spiro atoms. The summed E-state index contributed by atoms with van der Waals surface area (Å²) in [6.07, 6.45) is 7.85. The van der Waals surface area contributed by atoms with E-state index in [1.807, 2.05) is 19.1 Å². The summed E-state index contributed by atoms with van der Waals surface area (Å²) < 4.78 is 16.1. The minimum atomic E-state index is -0.530. The number of allylic oxidation sites excluding steroid dienone is 4. The van der Waals surface area contributed by atoms with E-state index in [1.54, 1.807) is 31.0 Å². The SMILES string of the molecule is CC(=O)N1CC2(CNC(=O)[C@H](C)CCC[C@H](NC(=O)c3cnn(C4=CCCC(Cl)=C4F)c3C)c3cc2ccn3)C1. The first-order valence-corrected chi connectivity index (χ1v) is 14.1. The Balaban J connectivity index is 1.43. The van der Waals surface area contributed by atoms with Crippen LogP contribution >= 0.6 is 11.6 Å². The zero-order valence-corrected chi connectivity index (χ0v) is 23.7. The lowest BCUT2D eigenvalue weighted by atomic mass is 9.73. The molecule has 2 bridgehead atoms. The fraction of sp³-hybridized carbons (Fsp3) is 0.483. The van der Waals surface area contributed by atoms with Gasteiger partial charge in [-0.2, -0.15) is 5.10 Å². The summed E-state index contributed by atoms with van der Waals surface area (Å²) in [5.41, 5.74) is 2.34. The van der Waals surface area contributed by atoms with Gasteiger partial charge in [0.1, 0.15) is 0 Å². The highest BCUT2D eigenvalue weighted by Gasteiger charge is 2.46. The van der Waals surface area contributed by atoms with Gasteiger partial charge in [-0.1, -0.05) is 31.0 Å². The highest BCUT2D eigenvalue weighted by atomic mass is 35.5. The second-order valence-electron chi connectivity index (χ2n) is 11.1. The summed E-state index contributed by atoms with van der Waals surface area (Å²) in [4.78, 5) is 44.7. The molecular formula is C29H34ClFN6O3. The number of nitrogens with zero attached hydrogens (tertiary/aromatic N) is 4. The van der Waals surface area contributed by atoms with Crippen molar-refractivity contribution in [2.75, 3.05) is 19.6 Å². The average Bonchev–Trinajstić information content (AvgIpc) is 3.29. The van der Waals surface area contributed by atoms with Crippen LogP contribution in [0, 0.1) is 12.8 Å². The fourth-order valence-electron chi connectivity index (χ4n) is 5.72. The summed E-state index contributed by atoms with van der Waals surface area (Å²) in [5.74, 6) is -1.09. The summed E-state index contributed by atoms with van der Waals surface area (Å²) >= 11 is 6.04. The Morgan fingerprint density at radius 3 is 2.80 bits per heavy atom. The largest absolute Gasteiger partial charge is 0.355 e. The molecule has 5 rings (SSSR count). The van der Waals surface area contributed by atoms with Crippen molar-refractivity contribution in [3.05, 3.63) is 64.0 Å². The van der Waals surface area contributed by atoms with Crippen molar-refractivity contribution in [3.63, 3.8) is 0 Å². The molecule has 40 heavy (non-hydrogen) atoms. The molecular weight excluding hydrogens is 535 g/mol. The fourth-order valence-corrected chi connectivity index (χ4v) is 5.93. The van der Waals surface area contributed by atoms with E-state index in [9.17, 15) is 18.8 Å². The normalized spacial score (nSPS) is 23.0. The molecule has 2 aromatic heterocycles. The second kappa shape index (κ2) is 11.2. The highest BCUT2D eigenvalue weighted by molar-refractivity contribution is 6.30. The number of rotatable bonds is 3. The van der Waals surface area contributed by atoms with E-state index in [2.05, 4.69) is 20.7 Å². The molecule has 0 aromatic carbocycles. The van der Waals surface area contributed by atoms with Gasteiger partial charge in [0, 0.05) is 44.1 Å². The number of fused-ring (bicyclic) bond motifs is 3. The first-order valence-electron chi connectivity index (χ1n) is 13.7. The number of halogens is 2. The molecule has 2 aliphatic heterocycles. The maximum Gasteiger partial charge on any atom is 0.255 e. The maximum absolute atomic E-state index is 14.7. The van der Waals surface area contributed by atoms with E-state index in [0.717, 1.165) is 5.56 Å². The molecule has 0 unspecified atom stereocenters. The van der Waals surface area contributed by atoms with E-state index >= 15 is 0 Å². The minimum absolute atomic E-state index is 0.00611. The summed E-state index contributed by atoms with van der Waals surface area (Å²) in [6, 6.07) is 3.48. The van der Waals surface area contributed by atoms with Crippen molar-refractivity contribution in [1.82, 2.24) is 30.3 Å². The van der Waals surface area contributed by atoms with Crippen LogP contribution in [0.4, 0.5) is 4.39 Å². The van der Waals surface area contributed by atoms with Crippen LogP contribution in [0.3, 0.4) is 0 Å². The number of hydrogen-bond acceptors (Lipinski definition) is 5. The van der Waals surface area contributed by atoms with Crippen molar-refractivity contribution in [2.45, 2.75) is 64.3 Å². The average molecular weight is 569 g/mol. The Kier molecular flexibility index (Phi) is 7.81. The Bertz CT molecular complexity index is 1410. The van der Waals surface area contributed by atoms with Gasteiger partial charge in [0.05, 0.1) is 39.9 Å². The van der Waals surface area contributed by atoms with Gasteiger partial charge in [-0.3, -0.25) is 19.4 Å². The lowest BCUT2D eigenvalue weighted by molar-refractivity contribution is -0.136. The van der Waals surface area contributed by atoms with Gasteiger partial charge in [-0.25, -0.2) is 9.07 Å². The molecule has 2 atom stereocenters. The second-order valence-corrected chi connectivity index (χ2v) is 11.6. The molecule has 11 heteroatoms. The highest BCUT2D eigenvalue weighted by Crippen LogP contribution is 2.36. The zero-order chi connectivity index (χ0) is 28.6. The van der Waals surface area contributed by atoms with Crippen LogP contribution in [0.2, 0.25) is 0 Å². The molecule has 0 saturated carbocycles. The van der Waals surface area contributed by atoms with Crippen LogP contribution in [0.1, 0.15) is 79.3 Å². The van der Waals surface area contributed by atoms with E-state index in [0.29, 0.717) is 68.7 Å². The van der Waals surface area contributed by atoms with Crippen LogP contribution in [0.5, 0.6) is 0 Å². The quantitative estimate of drug-likeness (QED) is 0.578. The van der Waals surface area contributed by atoms with Crippen LogP contribution in [0.25, 0.3) is 5.70 Å². The minimum Gasteiger partial charge on any atom is -0.355 e. The predicted octanol–water partition coefficient (Wildman–Crippen LogP) is 4.15. The Labute approximate surface area is 237 Å². The van der Waals surface area contributed by atoms with Crippen molar-refractivity contribution in [2.24, 2.45) is 5.92 Å². The smallest absolute Gasteiger partial charge is 0.255 e. The third-order valence-electron chi connectivity index (χ3n) is 8.31. The third-order valence-corrected chi connectivity index (χ3v) is 8.67. The van der Waals surface area contributed by atoms with Crippen molar-refractivity contribution < 1.29 is 18.8 Å². The summed E-state index contributed by atoms with van der Waals surface area (Å²) in [5, 5.41) is 10.7. The molecule has 212 valence electrons. The molecule has 3 aliphatic rings. The standard InChI is InChI=1S/C29H34ClFN6O3/c1-17-6-4-8-23(35-28(40)21-13-34-37(18(21)2)25-9-5-7-22(30)26(25)31)24-12-20(10-11-32-24)29(14-33-27(17)39)15-36(16-29)19(3)38/h9-13,17,23H,4-8,14-16H2,1-3H3,(H,33,39)(H,35,40)/t17-,23+/m1/s1. The lowest BCUT2D eigenvalue weighted by Gasteiger charge is -2.50. The van der Waals surface area contributed by atoms with E-state index in [1.165, 1.54) is 10.9 Å². The van der Waals surface area contributed by atoms with Gasteiger partial charge in [-0.05, 0) is 50.3 Å². The molecule has 4 heterocycles. The molecule has 3 amide bonds. The van der Waals surface area contributed by atoms with Gasteiger partial charge in [0.15, 0.2) is 5.83 Å². The van der Waals surface area contributed by atoms with Crippen molar-refractivity contribution in [3.8, 4) is 0 Å². The number of likely N-dealkylation sites (tertiary alicyclic amines) is 1. The number of hydrogen-bond donors (Lipinski definition) is 2. The van der Waals surface area contributed by atoms with Gasteiger partial charge < -0.3 is 15.5 Å². The van der Waals surface area contributed by atoms with Gasteiger partial charge in [0.2, 0.25) is 11.8 Å². The zero-order valence-electron chi connectivity index (χ0n) is 23.0. The number of carbonyl (C=O) groups excluding carboxylic acids is 3.